The summed E-state index contributed by atoms with van der Waals surface area (Å²) >= 11 is 0. The summed E-state index contributed by atoms with van der Waals surface area (Å²) in [4.78, 5) is 12.0. The van der Waals surface area contributed by atoms with Crippen molar-refractivity contribution in [1.82, 2.24) is 0 Å². The van der Waals surface area contributed by atoms with E-state index in [0.29, 0.717) is 17.9 Å². The van der Waals surface area contributed by atoms with Crippen LogP contribution >= 0.6 is 0 Å². The second kappa shape index (κ2) is 6.01. The second-order valence-corrected chi connectivity index (χ2v) is 4.27. The Labute approximate surface area is 121 Å². The zero-order valence-electron chi connectivity index (χ0n) is 11.3. The van der Waals surface area contributed by atoms with Crippen LogP contribution in [-0.2, 0) is 0 Å². The SMILES string of the molecule is CCN(c1ccc(C#N)c([N+](=O)[O-])c1)c1ccccc1F. The Morgan fingerprint density at radius 2 is 2.05 bits per heavy atom. The lowest BCUT2D eigenvalue weighted by molar-refractivity contribution is -0.385. The topological polar surface area (TPSA) is 70.2 Å². The predicted molar refractivity (Wildman–Crippen MR) is 76.9 cm³/mol. The smallest absolute Gasteiger partial charge is 0.289 e. The molecule has 0 aliphatic heterocycles. The van der Waals surface area contributed by atoms with Crippen molar-refractivity contribution in [2.75, 3.05) is 11.4 Å². The largest absolute Gasteiger partial charge is 0.339 e. The van der Waals surface area contributed by atoms with Gasteiger partial charge in [0.25, 0.3) is 5.69 Å². The molecule has 21 heavy (non-hydrogen) atoms. The number of hydrogen-bond donors (Lipinski definition) is 0. The van der Waals surface area contributed by atoms with E-state index in [1.54, 1.807) is 35.2 Å². The molecule has 2 aromatic carbocycles. The summed E-state index contributed by atoms with van der Waals surface area (Å²) in [5, 5.41) is 19.9. The van der Waals surface area contributed by atoms with E-state index in [1.165, 1.54) is 18.2 Å². The number of nitriles is 1. The van der Waals surface area contributed by atoms with Gasteiger partial charge in [0.1, 0.15) is 17.4 Å². The molecule has 0 saturated heterocycles. The van der Waals surface area contributed by atoms with Gasteiger partial charge in [-0.05, 0) is 31.2 Å². The van der Waals surface area contributed by atoms with Crippen molar-refractivity contribution in [3.8, 4) is 6.07 Å². The van der Waals surface area contributed by atoms with Crippen molar-refractivity contribution in [3.05, 3.63) is 64.0 Å². The first-order valence-electron chi connectivity index (χ1n) is 6.29. The van der Waals surface area contributed by atoms with Crippen LogP contribution < -0.4 is 4.90 Å². The van der Waals surface area contributed by atoms with Crippen LogP contribution in [0.2, 0.25) is 0 Å². The lowest BCUT2D eigenvalue weighted by Gasteiger charge is -2.23. The van der Waals surface area contributed by atoms with Gasteiger partial charge in [0, 0.05) is 18.3 Å². The number of halogens is 1. The summed E-state index contributed by atoms with van der Waals surface area (Å²) in [6.45, 7) is 2.25. The van der Waals surface area contributed by atoms with Crippen molar-refractivity contribution >= 4 is 17.1 Å². The van der Waals surface area contributed by atoms with Crippen molar-refractivity contribution < 1.29 is 9.31 Å². The van der Waals surface area contributed by atoms with Crippen LogP contribution in [0.15, 0.2) is 42.5 Å². The van der Waals surface area contributed by atoms with Crippen LogP contribution in [0, 0.1) is 27.3 Å². The molecule has 5 nitrogen and oxygen atoms in total. The third kappa shape index (κ3) is 2.82. The van der Waals surface area contributed by atoms with Gasteiger partial charge in [-0.2, -0.15) is 5.26 Å². The number of nitro groups is 1. The summed E-state index contributed by atoms with van der Waals surface area (Å²) in [7, 11) is 0. The Balaban J connectivity index is 2.54. The molecule has 0 bridgehead atoms. The van der Waals surface area contributed by atoms with Crippen molar-refractivity contribution in [1.29, 1.82) is 5.26 Å². The number of benzene rings is 2. The Bertz CT molecular complexity index is 725. The van der Waals surface area contributed by atoms with Gasteiger partial charge in [-0.15, -0.1) is 0 Å². The Morgan fingerprint density at radius 3 is 2.62 bits per heavy atom. The van der Waals surface area contributed by atoms with Gasteiger partial charge in [0.15, 0.2) is 0 Å². The van der Waals surface area contributed by atoms with E-state index in [-0.39, 0.29) is 11.3 Å². The van der Waals surface area contributed by atoms with Crippen LogP contribution in [0.25, 0.3) is 0 Å². The van der Waals surface area contributed by atoms with Gasteiger partial charge in [-0.1, -0.05) is 12.1 Å². The first kappa shape index (κ1) is 14.5. The minimum Gasteiger partial charge on any atom is -0.339 e. The average Bonchev–Trinajstić information content (AvgIpc) is 2.49. The second-order valence-electron chi connectivity index (χ2n) is 4.27. The molecule has 0 aromatic heterocycles. The summed E-state index contributed by atoms with van der Waals surface area (Å²) in [6, 6.07) is 12.2. The molecule has 2 rings (SSSR count). The lowest BCUT2D eigenvalue weighted by Crippen LogP contribution is -2.17. The van der Waals surface area contributed by atoms with Crippen molar-refractivity contribution in [2.45, 2.75) is 6.92 Å². The highest BCUT2D eigenvalue weighted by Crippen LogP contribution is 2.31. The summed E-state index contributed by atoms with van der Waals surface area (Å²) in [5.41, 5.74) is 0.491. The average molecular weight is 285 g/mol. The van der Waals surface area contributed by atoms with E-state index >= 15 is 0 Å². The molecule has 2 aromatic rings. The van der Waals surface area contributed by atoms with Crippen LogP contribution in [-0.4, -0.2) is 11.5 Å². The lowest BCUT2D eigenvalue weighted by atomic mass is 10.1. The molecule has 6 heteroatoms. The molecular formula is C15H12FN3O2. The molecule has 106 valence electrons. The highest BCUT2D eigenvalue weighted by molar-refractivity contribution is 5.68. The molecule has 0 radical (unpaired) electrons. The molecule has 0 spiro atoms. The highest BCUT2D eigenvalue weighted by Gasteiger charge is 2.18. The van der Waals surface area contributed by atoms with E-state index in [9.17, 15) is 14.5 Å². The van der Waals surface area contributed by atoms with Crippen molar-refractivity contribution in [2.24, 2.45) is 0 Å². The molecule has 0 fully saturated rings. The zero-order valence-corrected chi connectivity index (χ0v) is 11.3. The standard InChI is InChI=1S/C15H12FN3O2/c1-2-18(14-6-4-3-5-13(14)16)12-8-7-11(10-17)15(9-12)19(20)21/h3-9H,2H2,1H3. The first-order chi connectivity index (χ1) is 10.1. The van der Waals surface area contributed by atoms with E-state index in [4.69, 9.17) is 5.26 Å². The Hall–Kier alpha value is -2.94. The Kier molecular flexibility index (Phi) is 4.14. The fourth-order valence-corrected chi connectivity index (χ4v) is 2.10. The molecule has 0 aliphatic rings. The quantitative estimate of drug-likeness (QED) is 0.633. The summed E-state index contributed by atoms with van der Waals surface area (Å²) < 4.78 is 13.9. The first-order valence-corrected chi connectivity index (χ1v) is 6.29. The molecule has 0 N–H and O–H groups in total. The maximum atomic E-state index is 13.9. The normalized spacial score (nSPS) is 9.95. The van der Waals surface area contributed by atoms with Crippen LogP contribution in [0.1, 0.15) is 12.5 Å². The van der Waals surface area contributed by atoms with Crippen molar-refractivity contribution in [3.63, 3.8) is 0 Å². The number of para-hydroxylation sites is 1. The molecule has 0 atom stereocenters. The van der Waals surface area contributed by atoms with E-state index in [0.717, 1.165) is 0 Å². The van der Waals surface area contributed by atoms with Gasteiger partial charge in [0.05, 0.1) is 10.6 Å². The Morgan fingerprint density at radius 1 is 1.33 bits per heavy atom. The van der Waals surface area contributed by atoms with E-state index in [2.05, 4.69) is 0 Å². The maximum Gasteiger partial charge on any atom is 0.289 e. The molecule has 0 heterocycles. The maximum absolute atomic E-state index is 13.9. The summed E-state index contributed by atoms with van der Waals surface area (Å²) in [6.07, 6.45) is 0. The van der Waals surface area contributed by atoms with Crippen LogP contribution in [0.4, 0.5) is 21.5 Å². The third-order valence-electron chi connectivity index (χ3n) is 3.07. The highest BCUT2D eigenvalue weighted by atomic mass is 19.1. The minimum absolute atomic E-state index is 0.0201. The van der Waals surface area contributed by atoms with Gasteiger partial charge in [-0.25, -0.2) is 4.39 Å². The third-order valence-corrected chi connectivity index (χ3v) is 3.07. The summed E-state index contributed by atoms with van der Waals surface area (Å²) in [5.74, 6) is -0.411. The van der Waals surface area contributed by atoms with Gasteiger partial charge < -0.3 is 4.90 Å². The monoisotopic (exact) mass is 285 g/mol. The minimum atomic E-state index is -0.614. The number of rotatable bonds is 4. The molecule has 0 aliphatic carbocycles. The molecule has 0 unspecified atom stereocenters. The number of nitrogens with zero attached hydrogens (tertiary/aromatic N) is 3. The molecule has 0 saturated carbocycles. The number of anilines is 2. The zero-order chi connectivity index (χ0) is 15.4. The van der Waals surface area contributed by atoms with E-state index in [1.807, 2.05) is 6.92 Å². The number of hydrogen-bond acceptors (Lipinski definition) is 4. The van der Waals surface area contributed by atoms with Crippen LogP contribution in [0.5, 0.6) is 0 Å². The molecular weight excluding hydrogens is 273 g/mol. The predicted octanol–water partition coefficient (Wildman–Crippen LogP) is 3.76. The number of nitro benzene ring substituents is 1. The van der Waals surface area contributed by atoms with Gasteiger partial charge >= 0.3 is 0 Å². The fourth-order valence-electron chi connectivity index (χ4n) is 2.10. The van der Waals surface area contributed by atoms with Gasteiger partial charge in [0.2, 0.25) is 0 Å². The van der Waals surface area contributed by atoms with Gasteiger partial charge in [-0.3, -0.25) is 10.1 Å². The fraction of sp³-hybridized carbons (Fsp3) is 0.133. The molecule has 0 amide bonds. The van der Waals surface area contributed by atoms with Crippen LogP contribution in [0.3, 0.4) is 0 Å². The van der Waals surface area contributed by atoms with E-state index < -0.39 is 10.7 Å².